The van der Waals surface area contributed by atoms with E-state index in [1.165, 1.54) is 0 Å². The molecule has 2 amide bonds. The minimum atomic E-state index is -0.640. The third kappa shape index (κ3) is 6.11. The zero-order chi connectivity index (χ0) is 19.2. The van der Waals surface area contributed by atoms with Crippen molar-refractivity contribution in [1.29, 1.82) is 0 Å². The molecule has 26 heavy (non-hydrogen) atoms. The number of amides is 2. The van der Waals surface area contributed by atoms with Gasteiger partial charge in [-0.05, 0) is 51.9 Å². The van der Waals surface area contributed by atoms with Crippen LogP contribution in [0.4, 0.5) is 0 Å². The van der Waals surface area contributed by atoms with E-state index in [-0.39, 0.29) is 11.8 Å². The summed E-state index contributed by atoms with van der Waals surface area (Å²) >= 11 is 1.56. The second kappa shape index (κ2) is 8.76. The van der Waals surface area contributed by atoms with Crippen LogP contribution in [0.2, 0.25) is 0 Å². The molecule has 0 aliphatic carbocycles. The van der Waals surface area contributed by atoms with Gasteiger partial charge in [-0.2, -0.15) is 11.3 Å². The standard InChI is InChI=1S/C20H23NO4S/c1-20(2,3)16-7-5-15(6-8-16)19(24)21-17(22)12-25-18(23)9-4-14-10-11-26-13-14/h5-8,10-11,13H,4,9,12H2,1-3H3,(H,21,22,24). The van der Waals surface area contributed by atoms with Gasteiger partial charge in [-0.15, -0.1) is 0 Å². The molecular formula is C20H23NO4S. The maximum atomic E-state index is 12.1. The highest BCUT2D eigenvalue weighted by molar-refractivity contribution is 7.07. The first-order valence-corrected chi connectivity index (χ1v) is 9.31. The summed E-state index contributed by atoms with van der Waals surface area (Å²) < 4.78 is 4.90. The summed E-state index contributed by atoms with van der Waals surface area (Å²) in [4.78, 5) is 35.5. The lowest BCUT2D eigenvalue weighted by Gasteiger charge is -2.18. The highest BCUT2D eigenvalue weighted by atomic mass is 32.1. The van der Waals surface area contributed by atoms with E-state index in [4.69, 9.17) is 4.74 Å². The molecule has 6 heteroatoms. The number of benzene rings is 1. The van der Waals surface area contributed by atoms with Gasteiger partial charge in [-0.1, -0.05) is 32.9 Å². The quantitative estimate of drug-likeness (QED) is 0.787. The molecule has 0 saturated carbocycles. The summed E-state index contributed by atoms with van der Waals surface area (Å²) in [5.74, 6) is -1.61. The number of imide groups is 1. The van der Waals surface area contributed by atoms with Crippen LogP contribution in [0.25, 0.3) is 0 Å². The van der Waals surface area contributed by atoms with Crippen molar-refractivity contribution in [3.05, 3.63) is 57.8 Å². The highest BCUT2D eigenvalue weighted by Crippen LogP contribution is 2.22. The van der Waals surface area contributed by atoms with Crippen LogP contribution in [0.1, 0.15) is 48.7 Å². The highest BCUT2D eigenvalue weighted by Gasteiger charge is 2.16. The summed E-state index contributed by atoms with van der Waals surface area (Å²) in [5, 5.41) is 6.13. The van der Waals surface area contributed by atoms with Gasteiger partial charge in [0.15, 0.2) is 6.61 Å². The van der Waals surface area contributed by atoms with Gasteiger partial charge in [0.1, 0.15) is 0 Å². The lowest BCUT2D eigenvalue weighted by molar-refractivity contribution is -0.148. The van der Waals surface area contributed by atoms with Gasteiger partial charge in [-0.25, -0.2) is 0 Å². The molecule has 0 radical (unpaired) electrons. The fourth-order valence-corrected chi connectivity index (χ4v) is 2.96. The van der Waals surface area contributed by atoms with Gasteiger partial charge in [0.25, 0.3) is 11.8 Å². The third-order valence-electron chi connectivity index (χ3n) is 3.83. The lowest BCUT2D eigenvalue weighted by Crippen LogP contribution is -2.34. The molecule has 1 heterocycles. The monoisotopic (exact) mass is 373 g/mol. The zero-order valence-corrected chi connectivity index (χ0v) is 16.0. The maximum absolute atomic E-state index is 12.1. The van der Waals surface area contributed by atoms with Crippen LogP contribution >= 0.6 is 11.3 Å². The normalized spacial score (nSPS) is 11.0. The number of aryl methyl sites for hydroxylation is 1. The fourth-order valence-electron chi connectivity index (χ4n) is 2.26. The fraction of sp³-hybridized carbons (Fsp3) is 0.350. The summed E-state index contributed by atoms with van der Waals surface area (Å²) in [6, 6.07) is 9.02. The zero-order valence-electron chi connectivity index (χ0n) is 15.2. The number of carbonyl (C=O) groups excluding carboxylic acids is 3. The molecule has 2 aromatic rings. The van der Waals surface area contributed by atoms with E-state index >= 15 is 0 Å². The van der Waals surface area contributed by atoms with Crippen molar-refractivity contribution in [2.75, 3.05) is 6.61 Å². The predicted molar refractivity (Wildman–Crippen MR) is 101 cm³/mol. The number of hydrogen-bond acceptors (Lipinski definition) is 5. The van der Waals surface area contributed by atoms with Crippen molar-refractivity contribution in [2.24, 2.45) is 0 Å². The summed E-state index contributed by atoms with van der Waals surface area (Å²) in [6.07, 6.45) is 0.773. The smallest absolute Gasteiger partial charge is 0.306 e. The van der Waals surface area contributed by atoms with Crippen molar-refractivity contribution in [2.45, 2.75) is 39.0 Å². The molecular weight excluding hydrogens is 350 g/mol. The molecule has 1 N–H and O–H groups in total. The molecule has 1 aromatic carbocycles. The predicted octanol–water partition coefficient (Wildman–Crippen LogP) is 3.48. The molecule has 2 rings (SSSR count). The van der Waals surface area contributed by atoms with Gasteiger partial charge in [0.2, 0.25) is 0 Å². The van der Waals surface area contributed by atoms with Gasteiger partial charge in [-0.3, -0.25) is 19.7 Å². The first kappa shape index (κ1) is 19.8. The SMILES string of the molecule is CC(C)(C)c1ccc(C(=O)NC(=O)COC(=O)CCc2ccsc2)cc1. The van der Waals surface area contributed by atoms with Gasteiger partial charge in [0, 0.05) is 12.0 Å². The Hall–Kier alpha value is -2.47. The van der Waals surface area contributed by atoms with E-state index in [0.29, 0.717) is 12.0 Å². The van der Waals surface area contributed by atoms with E-state index < -0.39 is 24.4 Å². The first-order chi connectivity index (χ1) is 12.3. The number of carbonyl (C=O) groups is 3. The van der Waals surface area contributed by atoms with E-state index in [1.54, 1.807) is 23.5 Å². The molecule has 0 bridgehead atoms. The Kier molecular flexibility index (Phi) is 6.69. The third-order valence-corrected chi connectivity index (χ3v) is 4.56. The maximum Gasteiger partial charge on any atom is 0.306 e. The van der Waals surface area contributed by atoms with Crippen LogP contribution < -0.4 is 5.32 Å². The van der Waals surface area contributed by atoms with Crippen LogP contribution in [0, 0.1) is 0 Å². The molecule has 5 nitrogen and oxygen atoms in total. The average Bonchev–Trinajstić information content (AvgIpc) is 3.11. The Balaban J connectivity index is 1.76. The first-order valence-electron chi connectivity index (χ1n) is 8.37. The Morgan fingerprint density at radius 2 is 1.77 bits per heavy atom. The molecule has 0 aliphatic rings. The van der Waals surface area contributed by atoms with E-state index in [2.05, 4.69) is 26.1 Å². The number of thiophene rings is 1. The molecule has 138 valence electrons. The van der Waals surface area contributed by atoms with Crippen LogP contribution in [0.5, 0.6) is 0 Å². The topological polar surface area (TPSA) is 72.5 Å². The molecule has 0 saturated heterocycles. The second-order valence-electron chi connectivity index (χ2n) is 7.00. The largest absolute Gasteiger partial charge is 0.456 e. The van der Waals surface area contributed by atoms with Gasteiger partial charge >= 0.3 is 5.97 Å². The Morgan fingerprint density at radius 3 is 2.35 bits per heavy atom. The van der Waals surface area contributed by atoms with Crippen LogP contribution in [0.15, 0.2) is 41.1 Å². The van der Waals surface area contributed by atoms with E-state index in [1.807, 2.05) is 29.0 Å². The van der Waals surface area contributed by atoms with Crippen LogP contribution in [0.3, 0.4) is 0 Å². The van der Waals surface area contributed by atoms with Crippen molar-refractivity contribution in [3.8, 4) is 0 Å². The Bertz CT molecular complexity index is 758. The number of esters is 1. The molecule has 0 fully saturated rings. The molecule has 0 unspecified atom stereocenters. The molecule has 1 aromatic heterocycles. The van der Waals surface area contributed by atoms with Crippen LogP contribution in [-0.4, -0.2) is 24.4 Å². The molecule has 0 aliphatic heterocycles. The van der Waals surface area contributed by atoms with Crippen molar-refractivity contribution < 1.29 is 19.1 Å². The summed E-state index contributed by atoms with van der Waals surface area (Å²) in [7, 11) is 0. The minimum Gasteiger partial charge on any atom is -0.456 e. The number of hydrogen-bond donors (Lipinski definition) is 1. The van der Waals surface area contributed by atoms with Crippen molar-refractivity contribution in [3.63, 3.8) is 0 Å². The van der Waals surface area contributed by atoms with E-state index in [9.17, 15) is 14.4 Å². The average molecular weight is 373 g/mol. The lowest BCUT2D eigenvalue weighted by atomic mass is 9.87. The second-order valence-corrected chi connectivity index (χ2v) is 7.78. The summed E-state index contributed by atoms with van der Waals surface area (Å²) in [5.41, 5.74) is 2.53. The molecule has 0 spiro atoms. The number of nitrogens with one attached hydrogen (secondary N) is 1. The van der Waals surface area contributed by atoms with Crippen molar-refractivity contribution >= 4 is 29.1 Å². The Labute approximate surface area is 157 Å². The number of rotatable bonds is 6. The van der Waals surface area contributed by atoms with E-state index in [0.717, 1.165) is 11.1 Å². The molecule has 0 atom stereocenters. The summed E-state index contributed by atoms with van der Waals surface area (Å²) in [6.45, 7) is 5.78. The minimum absolute atomic E-state index is 0.0119. The number of ether oxygens (including phenoxy) is 1. The Morgan fingerprint density at radius 1 is 1.08 bits per heavy atom. The van der Waals surface area contributed by atoms with Crippen LogP contribution in [-0.2, 0) is 26.2 Å². The van der Waals surface area contributed by atoms with Crippen molar-refractivity contribution in [1.82, 2.24) is 5.32 Å². The van der Waals surface area contributed by atoms with Gasteiger partial charge in [0.05, 0.1) is 0 Å². The van der Waals surface area contributed by atoms with Gasteiger partial charge < -0.3 is 4.74 Å².